The standard InChI is InChI=1S/C128H138N10O4Si4/c1-63(2)83-43-37-44-84(64(3)4)119(83)137-125(139)99-59-95-105-107-97(117-115(95)133-121-123(135-117)131-113-89(49-53-145(73(21)22,74(23)24)75(25)26)93-57-81-41-35-33-39-79(81)55-91(93)87(111(113)129-121)47-51-143(67(9)10,68(11)12)69(13)14)61-101-104-102(128(142)138(127(101)141)120-85(65(5)6)45-38-46-86(120)66(7)8)62-98-108(110(104)107)106-96(60-100(126(137)140)103(99)109(105)106)116-118(98)136-124-122(134-116)130-112-88(48-52-144(70(15)16,71(17)18)72(19)20)92-56-80-40-34-36-42-82(80)58-94(92)90(114(112)132-124)50-54-146(76(27)28,77(29)30)78(31)32/h33-46,55-78H,1-32H3,(H,129,133)(H,130,134)(H,131,135)(H,132,136). The smallest absolute Gasteiger partial charge is 0.266 e. The van der Waals surface area contributed by atoms with Gasteiger partial charge in [-0.25, -0.2) is 29.1 Å². The van der Waals surface area contributed by atoms with Crippen molar-refractivity contribution in [3.05, 3.63) is 219 Å². The monoisotopic (exact) mass is 1990 g/mol. The van der Waals surface area contributed by atoms with Crippen LogP contribution < -0.4 is 22.2 Å². The summed E-state index contributed by atoms with van der Waals surface area (Å²) in [4.78, 5) is 110. The van der Waals surface area contributed by atoms with Crippen molar-refractivity contribution in [1.82, 2.24) is 49.0 Å². The van der Waals surface area contributed by atoms with Crippen molar-refractivity contribution in [2.45, 2.75) is 312 Å². The molecule has 0 spiro atoms. The molecule has 21 rings (SSSR count). The summed E-state index contributed by atoms with van der Waals surface area (Å²) in [5.41, 5.74) is 33.0. The Hall–Kier alpha value is -13.1. The van der Waals surface area contributed by atoms with Gasteiger partial charge in [0.1, 0.15) is 32.3 Å². The van der Waals surface area contributed by atoms with Gasteiger partial charge in [0.25, 0.3) is 22.2 Å². The third-order valence-corrected chi connectivity index (χ3v) is 60.6. The van der Waals surface area contributed by atoms with E-state index in [-0.39, 0.29) is 23.7 Å². The maximum Gasteiger partial charge on any atom is 0.266 e. The molecule has 0 unspecified atom stereocenters. The summed E-state index contributed by atoms with van der Waals surface area (Å²) < 4.78 is 2.93. The van der Waals surface area contributed by atoms with Gasteiger partial charge in [-0.15, -0.1) is 22.2 Å². The average molecular weight is 1990 g/mol. The Morgan fingerprint density at radius 1 is 0.226 bits per heavy atom. The Bertz CT molecular complexity index is 8570. The third-order valence-electron chi connectivity index (χ3n) is 35.4. The Morgan fingerprint density at radius 3 is 0.596 bits per heavy atom. The molecule has 21 aromatic rings. The van der Waals surface area contributed by atoms with Gasteiger partial charge in [-0.05, 0) is 182 Å². The Kier molecular flexibility index (Phi) is 24.0. The number of pyridine rings is 2. The molecule has 0 aliphatic heterocycles. The molecule has 740 valence electrons. The molecule has 0 saturated carbocycles. The highest BCUT2D eigenvalue weighted by Gasteiger charge is 2.47. The summed E-state index contributed by atoms with van der Waals surface area (Å²) in [6.07, 6.45) is 0. The SMILES string of the molecule is CC(C)c1cccc(C(C)C)c1-n1c(=O)c2cc3c4nc5[nH]c6c(C#C[Si](C(C)C)(C(C)C)C(C)C)c7cc8ccccc8cc7c(C#C[Si](C(C)C)(C(C)C)C(C)C)c6[nH]c5nc4c4cc5c(=O)n(-c6c(C(C)C)cccc6C(C)C)c(=O)c6cc7c8nc9[nH]c%10c(C#C[Si](C(C)C)(C(C)C)C(C)C)c%11cc%12ccccc%12cc%11c(C#C[Si](C(C)C)(C(C)C)C(C)C)c%10[nH]c9nc8c8cc(c1=O)c2c1c3c4c(c56)c7c81. The van der Waals surface area contributed by atoms with Crippen LogP contribution >= 0.6 is 0 Å². The normalized spacial score (nSPS) is 13.3. The molecule has 0 bridgehead atoms. The molecule has 14 nitrogen and oxygen atoms in total. The fraction of sp³-hybridized carbons (Fsp3) is 0.375. The number of hydrogen-bond donors (Lipinski definition) is 4. The van der Waals surface area contributed by atoms with Crippen LogP contribution in [0, 0.1) is 45.9 Å². The van der Waals surface area contributed by atoms with Gasteiger partial charge in [0, 0.05) is 108 Å². The van der Waals surface area contributed by atoms with Gasteiger partial charge < -0.3 is 19.9 Å². The van der Waals surface area contributed by atoms with Crippen molar-refractivity contribution in [3.63, 3.8) is 0 Å². The molecule has 146 heavy (non-hydrogen) atoms. The first kappa shape index (κ1) is 98.9. The number of benzene rings is 15. The van der Waals surface area contributed by atoms with Gasteiger partial charge in [0.15, 0.2) is 22.6 Å². The van der Waals surface area contributed by atoms with Gasteiger partial charge in [-0.1, -0.05) is 330 Å². The maximum absolute atomic E-state index is 17.4. The van der Waals surface area contributed by atoms with E-state index >= 15 is 19.2 Å². The van der Waals surface area contributed by atoms with Crippen LogP contribution in [-0.2, 0) is 0 Å². The third kappa shape index (κ3) is 14.0. The van der Waals surface area contributed by atoms with Crippen molar-refractivity contribution in [2.24, 2.45) is 0 Å². The van der Waals surface area contributed by atoms with Crippen LogP contribution in [0.25, 0.3) is 207 Å². The molecule has 0 saturated heterocycles. The lowest BCUT2D eigenvalue weighted by Gasteiger charge is -2.38. The number of aromatic nitrogens is 10. The fourth-order valence-corrected chi connectivity index (χ4v) is 49.4. The molecule has 6 heterocycles. The average Bonchev–Trinajstić information content (AvgIpc) is 0.648. The Labute approximate surface area is 859 Å². The van der Waals surface area contributed by atoms with E-state index in [1.165, 1.54) is 9.13 Å². The van der Waals surface area contributed by atoms with E-state index in [0.29, 0.717) is 209 Å². The molecule has 0 radical (unpaired) electrons. The van der Waals surface area contributed by atoms with Crippen molar-refractivity contribution < 1.29 is 0 Å². The molecule has 0 aliphatic carbocycles. The number of aromatic amines is 4. The zero-order valence-electron chi connectivity index (χ0n) is 91.3. The minimum atomic E-state index is -2.48. The Morgan fingerprint density at radius 2 is 0.418 bits per heavy atom. The van der Waals surface area contributed by atoms with Crippen LogP contribution in [-0.4, -0.2) is 81.3 Å². The molecular weight excluding hydrogens is 1850 g/mol. The van der Waals surface area contributed by atoms with Crippen LogP contribution in [0.4, 0.5) is 0 Å². The second kappa shape index (κ2) is 35.4. The lowest BCUT2D eigenvalue weighted by Crippen LogP contribution is -2.43. The van der Waals surface area contributed by atoms with E-state index in [1.807, 2.05) is 36.4 Å². The first-order chi connectivity index (χ1) is 69.3. The zero-order chi connectivity index (χ0) is 104. The lowest BCUT2D eigenvalue weighted by atomic mass is 9.79. The quantitative estimate of drug-likeness (QED) is 0.0282. The van der Waals surface area contributed by atoms with E-state index in [0.717, 1.165) is 110 Å². The van der Waals surface area contributed by atoms with Gasteiger partial charge in [-0.2, -0.15) is 0 Å². The summed E-state index contributed by atoms with van der Waals surface area (Å²) in [6, 6.07) is 46.7. The van der Waals surface area contributed by atoms with Crippen molar-refractivity contribution in [2.75, 3.05) is 0 Å². The molecule has 0 aliphatic rings. The number of fused-ring (bicyclic) bond motifs is 14. The number of rotatable bonds is 18. The minimum absolute atomic E-state index is 0.119. The van der Waals surface area contributed by atoms with Crippen LogP contribution in [0.15, 0.2) is 153 Å². The summed E-state index contributed by atoms with van der Waals surface area (Å²) >= 11 is 0. The zero-order valence-corrected chi connectivity index (χ0v) is 95.3. The molecule has 0 atom stereocenters. The highest BCUT2D eigenvalue weighted by Crippen LogP contribution is 2.57. The Balaban J connectivity index is 1.03. The molecule has 0 amide bonds. The number of nitrogens with one attached hydrogen (secondary N) is 4. The number of nitrogens with zero attached hydrogens (tertiary/aromatic N) is 6. The second-order valence-electron chi connectivity index (χ2n) is 47.8. The van der Waals surface area contributed by atoms with E-state index in [1.54, 1.807) is 0 Å². The number of para-hydroxylation sites is 2. The van der Waals surface area contributed by atoms with Gasteiger partial charge in [0.05, 0.1) is 77.8 Å². The first-order valence-electron chi connectivity index (χ1n) is 53.8. The fourth-order valence-electron chi connectivity index (χ4n) is 28.6. The van der Waals surface area contributed by atoms with Crippen molar-refractivity contribution in [3.8, 4) is 57.2 Å². The van der Waals surface area contributed by atoms with Crippen molar-refractivity contribution >= 4 is 228 Å². The summed E-state index contributed by atoms with van der Waals surface area (Å²) in [6.45, 7) is 73.7. The van der Waals surface area contributed by atoms with Crippen LogP contribution in [0.3, 0.4) is 0 Å². The van der Waals surface area contributed by atoms with E-state index < -0.39 is 54.5 Å². The largest absolute Gasteiger partial charge is 0.334 e. The highest BCUT2D eigenvalue weighted by molar-refractivity contribution is 6.92. The van der Waals surface area contributed by atoms with E-state index in [2.05, 4.69) is 384 Å². The first-order valence-corrected chi connectivity index (χ1v) is 62.7. The number of hydrogen-bond acceptors (Lipinski definition) is 8. The predicted molar refractivity (Wildman–Crippen MR) is 635 cm³/mol. The van der Waals surface area contributed by atoms with Gasteiger partial charge in [0.2, 0.25) is 0 Å². The topological polar surface area (TPSA) is 193 Å². The molecule has 18 heteroatoms. The second-order valence-corrected chi connectivity index (χ2v) is 70.1. The highest BCUT2D eigenvalue weighted by atomic mass is 28.3. The number of H-pyrrole nitrogens is 4. The van der Waals surface area contributed by atoms with Gasteiger partial charge >= 0.3 is 0 Å². The molecule has 15 aromatic carbocycles. The summed E-state index contributed by atoms with van der Waals surface area (Å²) in [5.74, 6) is 15.9. The lowest BCUT2D eigenvalue weighted by molar-refractivity contribution is 0.792. The van der Waals surface area contributed by atoms with Crippen LogP contribution in [0.5, 0.6) is 0 Å². The van der Waals surface area contributed by atoms with E-state index in [9.17, 15) is 0 Å². The molecular formula is C128H138N10O4Si4. The predicted octanol–water partition coefficient (Wildman–Crippen LogP) is 33.4. The summed E-state index contributed by atoms with van der Waals surface area (Å²) in [7, 11) is -9.93. The van der Waals surface area contributed by atoms with Crippen LogP contribution in [0.2, 0.25) is 66.5 Å². The minimum Gasteiger partial charge on any atom is -0.334 e. The molecule has 4 N–H and O–H groups in total. The van der Waals surface area contributed by atoms with Gasteiger partial charge in [-0.3, -0.25) is 19.2 Å². The van der Waals surface area contributed by atoms with E-state index in [4.69, 9.17) is 19.9 Å². The molecule has 6 aromatic heterocycles. The molecule has 0 fully saturated rings. The summed E-state index contributed by atoms with van der Waals surface area (Å²) in [5, 5.41) is 16.8. The van der Waals surface area contributed by atoms with Crippen molar-refractivity contribution in [1.29, 1.82) is 0 Å². The van der Waals surface area contributed by atoms with Crippen LogP contribution in [0.1, 0.15) is 290 Å². The maximum atomic E-state index is 17.4.